The highest BCUT2D eigenvalue weighted by Crippen LogP contribution is 2.28. The number of ketones is 1. The fourth-order valence-corrected chi connectivity index (χ4v) is 1.92. The number of carbonyl (C=O) groups excluding carboxylic acids is 1. The van der Waals surface area contributed by atoms with Crippen molar-refractivity contribution in [2.45, 2.75) is 13.2 Å². The molecule has 0 aromatic heterocycles. The summed E-state index contributed by atoms with van der Waals surface area (Å²) in [7, 11) is 0. The molecule has 1 N–H and O–H groups in total. The number of hydrogen-bond acceptors (Lipinski definition) is 4. The molecule has 0 saturated heterocycles. The molecule has 2 rings (SSSR count). The average molecular weight is 356 g/mol. The first-order valence-corrected chi connectivity index (χ1v) is 6.90. The number of phenolic OH excluding ortho intramolecular Hbond substituents is 1. The van der Waals surface area contributed by atoms with Gasteiger partial charge in [-0.3, -0.25) is 4.79 Å². The van der Waals surface area contributed by atoms with Crippen molar-refractivity contribution in [2.24, 2.45) is 0 Å². The fourth-order valence-electron chi connectivity index (χ4n) is 1.92. The zero-order valence-electron chi connectivity index (χ0n) is 12.5. The third-order valence-electron chi connectivity index (χ3n) is 2.98. The van der Waals surface area contributed by atoms with Crippen molar-refractivity contribution < 1.29 is 36.9 Å². The van der Waals surface area contributed by atoms with E-state index in [2.05, 4.69) is 9.47 Å². The summed E-state index contributed by atoms with van der Waals surface area (Å²) >= 11 is 0. The van der Waals surface area contributed by atoms with E-state index in [0.29, 0.717) is 5.56 Å². The van der Waals surface area contributed by atoms with Crippen LogP contribution in [-0.4, -0.2) is 24.1 Å². The average Bonchev–Trinajstić information content (AvgIpc) is 2.53. The molecule has 0 heterocycles. The molecule has 8 heteroatoms. The number of benzene rings is 2. The van der Waals surface area contributed by atoms with Crippen LogP contribution in [0.1, 0.15) is 15.9 Å². The maximum absolute atomic E-state index is 12.5. The Morgan fingerprint density at radius 2 is 1.60 bits per heavy atom. The molecule has 0 spiro atoms. The zero-order chi connectivity index (χ0) is 18.4. The summed E-state index contributed by atoms with van der Waals surface area (Å²) in [5.74, 6) is -1.61. The maximum Gasteiger partial charge on any atom is 0.387 e. The SMILES string of the molecule is O=C(/C=C/c1ccc(O)cc1)c1ccc(OC(F)F)cc1OC(F)F. The summed E-state index contributed by atoms with van der Waals surface area (Å²) in [6.07, 6.45) is 2.51. The predicted molar refractivity (Wildman–Crippen MR) is 81.2 cm³/mol. The molecule has 0 bridgehead atoms. The van der Waals surface area contributed by atoms with Crippen LogP contribution in [0.25, 0.3) is 6.08 Å². The van der Waals surface area contributed by atoms with Crippen LogP contribution in [0.5, 0.6) is 17.2 Å². The first kappa shape index (κ1) is 18.3. The van der Waals surface area contributed by atoms with Crippen molar-refractivity contribution >= 4 is 11.9 Å². The number of alkyl halides is 4. The van der Waals surface area contributed by atoms with Crippen molar-refractivity contribution in [3.8, 4) is 17.2 Å². The summed E-state index contributed by atoms with van der Waals surface area (Å²) in [5, 5.41) is 9.18. The first-order chi connectivity index (χ1) is 11.8. The topological polar surface area (TPSA) is 55.8 Å². The Kier molecular flexibility index (Phi) is 5.99. The van der Waals surface area contributed by atoms with Crippen molar-refractivity contribution in [1.82, 2.24) is 0 Å². The number of allylic oxidation sites excluding steroid dienone is 1. The minimum absolute atomic E-state index is 0.0470. The van der Waals surface area contributed by atoms with Gasteiger partial charge < -0.3 is 14.6 Å². The molecule has 0 saturated carbocycles. The highest BCUT2D eigenvalue weighted by molar-refractivity contribution is 6.08. The number of aromatic hydroxyl groups is 1. The molecule has 4 nitrogen and oxygen atoms in total. The number of hydrogen-bond donors (Lipinski definition) is 1. The molecule has 0 amide bonds. The van der Waals surface area contributed by atoms with Gasteiger partial charge in [-0.15, -0.1) is 0 Å². The lowest BCUT2D eigenvalue weighted by atomic mass is 10.1. The van der Waals surface area contributed by atoms with E-state index in [0.717, 1.165) is 24.3 Å². The van der Waals surface area contributed by atoms with Crippen LogP contribution >= 0.6 is 0 Å². The van der Waals surface area contributed by atoms with Gasteiger partial charge in [0, 0.05) is 6.07 Å². The van der Waals surface area contributed by atoms with Crippen LogP contribution in [0.3, 0.4) is 0 Å². The Balaban J connectivity index is 2.25. The van der Waals surface area contributed by atoms with Gasteiger partial charge >= 0.3 is 13.2 Å². The lowest BCUT2D eigenvalue weighted by molar-refractivity contribution is -0.0544. The van der Waals surface area contributed by atoms with E-state index in [1.165, 1.54) is 30.3 Å². The Morgan fingerprint density at radius 3 is 2.20 bits per heavy atom. The van der Waals surface area contributed by atoms with Crippen molar-refractivity contribution in [1.29, 1.82) is 0 Å². The monoisotopic (exact) mass is 356 g/mol. The van der Waals surface area contributed by atoms with Crippen LogP contribution in [0.15, 0.2) is 48.5 Å². The quantitative estimate of drug-likeness (QED) is 0.451. The van der Waals surface area contributed by atoms with Crippen LogP contribution in [0.2, 0.25) is 0 Å². The summed E-state index contributed by atoms with van der Waals surface area (Å²) < 4.78 is 57.7. The lowest BCUT2D eigenvalue weighted by Gasteiger charge is -2.11. The minimum atomic E-state index is -3.24. The van der Waals surface area contributed by atoms with Gasteiger partial charge in [0.1, 0.15) is 17.2 Å². The van der Waals surface area contributed by atoms with Gasteiger partial charge in [-0.1, -0.05) is 18.2 Å². The molecule has 2 aromatic rings. The van der Waals surface area contributed by atoms with Gasteiger partial charge in [0.15, 0.2) is 5.78 Å². The number of ether oxygens (including phenoxy) is 2. The Morgan fingerprint density at radius 1 is 0.960 bits per heavy atom. The van der Waals surface area contributed by atoms with Crippen molar-refractivity contribution in [2.75, 3.05) is 0 Å². The van der Waals surface area contributed by atoms with Gasteiger partial charge in [-0.25, -0.2) is 0 Å². The second kappa shape index (κ2) is 8.18. The fraction of sp³-hybridized carbons (Fsp3) is 0.118. The molecule has 0 unspecified atom stereocenters. The molecule has 0 fully saturated rings. The largest absolute Gasteiger partial charge is 0.508 e. The third-order valence-corrected chi connectivity index (χ3v) is 2.98. The summed E-state index contributed by atoms with van der Waals surface area (Å²) in [6.45, 7) is -6.38. The number of rotatable bonds is 7. The molecule has 0 aliphatic carbocycles. The molecule has 25 heavy (non-hydrogen) atoms. The molecule has 0 aliphatic rings. The Labute approximate surface area is 139 Å². The second-order valence-electron chi connectivity index (χ2n) is 4.70. The normalized spacial score (nSPS) is 11.3. The van der Waals surface area contributed by atoms with Crippen LogP contribution in [0, 0.1) is 0 Å². The van der Waals surface area contributed by atoms with E-state index in [9.17, 15) is 27.5 Å². The van der Waals surface area contributed by atoms with Crippen LogP contribution in [-0.2, 0) is 0 Å². The van der Waals surface area contributed by atoms with Crippen molar-refractivity contribution in [3.63, 3.8) is 0 Å². The molecule has 0 radical (unpaired) electrons. The standard InChI is InChI=1S/C17H12F4O4/c18-16(19)24-12-6-7-13(15(9-12)25-17(20)21)14(23)8-3-10-1-4-11(22)5-2-10/h1-9,16-17,22H/b8-3+. The minimum Gasteiger partial charge on any atom is -0.508 e. The van der Waals surface area contributed by atoms with E-state index in [4.69, 9.17) is 0 Å². The molecular formula is C17H12F4O4. The van der Waals surface area contributed by atoms with Gasteiger partial charge in [-0.2, -0.15) is 17.6 Å². The Bertz CT molecular complexity index is 758. The van der Waals surface area contributed by atoms with Gasteiger partial charge in [-0.05, 0) is 35.9 Å². The summed E-state index contributed by atoms with van der Waals surface area (Å²) in [5.41, 5.74) is 0.345. The summed E-state index contributed by atoms with van der Waals surface area (Å²) in [6, 6.07) is 8.79. The van der Waals surface area contributed by atoms with Crippen LogP contribution in [0.4, 0.5) is 17.6 Å². The third kappa shape index (κ3) is 5.52. The molecule has 0 aliphatic heterocycles. The highest BCUT2D eigenvalue weighted by atomic mass is 19.3. The predicted octanol–water partition coefficient (Wildman–Crippen LogP) is 4.49. The van der Waals surface area contributed by atoms with Gasteiger partial charge in [0.25, 0.3) is 0 Å². The van der Waals surface area contributed by atoms with Gasteiger partial charge in [0.2, 0.25) is 0 Å². The zero-order valence-corrected chi connectivity index (χ0v) is 12.5. The van der Waals surface area contributed by atoms with E-state index in [1.54, 1.807) is 0 Å². The Hall–Kier alpha value is -3.03. The van der Waals surface area contributed by atoms with E-state index < -0.39 is 30.5 Å². The molecule has 2 aromatic carbocycles. The van der Waals surface area contributed by atoms with E-state index in [1.807, 2.05) is 0 Å². The first-order valence-electron chi connectivity index (χ1n) is 6.90. The summed E-state index contributed by atoms with van der Waals surface area (Å²) in [4.78, 5) is 12.2. The smallest absolute Gasteiger partial charge is 0.387 e. The van der Waals surface area contributed by atoms with Gasteiger partial charge in [0.05, 0.1) is 5.56 Å². The molecular weight excluding hydrogens is 344 g/mol. The van der Waals surface area contributed by atoms with Crippen molar-refractivity contribution in [3.05, 3.63) is 59.7 Å². The highest BCUT2D eigenvalue weighted by Gasteiger charge is 2.16. The van der Waals surface area contributed by atoms with E-state index >= 15 is 0 Å². The number of phenols is 1. The molecule has 132 valence electrons. The number of carbonyl (C=O) groups is 1. The molecule has 0 atom stereocenters. The maximum atomic E-state index is 12.5. The second-order valence-corrected chi connectivity index (χ2v) is 4.70. The number of halogens is 4. The van der Waals surface area contributed by atoms with Crippen LogP contribution < -0.4 is 9.47 Å². The lowest BCUT2D eigenvalue weighted by Crippen LogP contribution is -2.08. The van der Waals surface area contributed by atoms with E-state index in [-0.39, 0.29) is 11.3 Å².